The van der Waals surface area contributed by atoms with Crippen molar-refractivity contribution >= 4 is 34.5 Å². The molecule has 94 valence electrons. The maximum absolute atomic E-state index is 11.4. The van der Waals surface area contributed by atoms with Crippen molar-refractivity contribution in [1.82, 2.24) is 5.32 Å². The van der Waals surface area contributed by atoms with E-state index in [0.717, 1.165) is 11.8 Å². The molecule has 1 aromatic rings. The zero-order valence-corrected chi connectivity index (χ0v) is 9.98. The van der Waals surface area contributed by atoms with Gasteiger partial charge in [-0.15, -0.1) is 0 Å². The van der Waals surface area contributed by atoms with E-state index in [1.165, 1.54) is 12.1 Å². The Morgan fingerprint density at radius 1 is 1.39 bits per heavy atom. The largest absolute Gasteiger partial charge is 0.508 e. The maximum atomic E-state index is 11.4. The molecule has 1 fully saturated rings. The van der Waals surface area contributed by atoms with Crippen LogP contribution in [0.25, 0.3) is 0 Å². The summed E-state index contributed by atoms with van der Waals surface area (Å²) in [6.45, 7) is 0. The van der Waals surface area contributed by atoms with Crippen LogP contribution in [0.1, 0.15) is 6.42 Å². The Morgan fingerprint density at radius 2 is 2.06 bits per heavy atom. The molecular weight excluding hydrogens is 256 g/mol. The van der Waals surface area contributed by atoms with Gasteiger partial charge in [0.25, 0.3) is 0 Å². The van der Waals surface area contributed by atoms with Crippen molar-refractivity contribution in [2.45, 2.75) is 11.7 Å². The highest BCUT2D eigenvalue weighted by Gasteiger charge is 2.31. The van der Waals surface area contributed by atoms with E-state index >= 15 is 0 Å². The average molecular weight is 266 g/mol. The SMILES string of the molecule is O=C(O)C[C@H]1SC(=Nc2ccc(O)cc2)NC1=O. The van der Waals surface area contributed by atoms with Gasteiger partial charge in [-0.25, -0.2) is 4.99 Å². The number of thioether (sulfide) groups is 1. The van der Waals surface area contributed by atoms with E-state index in [1.807, 2.05) is 0 Å². The van der Waals surface area contributed by atoms with Crippen LogP contribution >= 0.6 is 11.8 Å². The molecule has 1 saturated heterocycles. The zero-order valence-electron chi connectivity index (χ0n) is 9.16. The lowest BCUT2D eigenvalue weighted by molar-refractivity contribution is -0.138. The number of hydrogen-bond acceptors (Lipinski definition) is 5. The molecule has 0 aromatic heterocycles. The number of phenolic OH excluding ortho intramolecular Hbond substituents is 1. The fraction of sp³-hybridized carbons (Fsp3) is 0.182. The van der Waals surface area contributed by atoms with Gasteiger partial charge in [0.05, 0.1) is 12.1 Å². The summed E-state index contributed by atoms with van der Waals surface area (Å²) < 4.78 is 0. The smallest absolute Gasteiger partial charge is 0.305 e. The van der Waals surface area contributed by atoms with Gasteiger partial charge in [0.1, 0.15) is 11.0 Å². The summed E-state index contributed by atoms with van der Waals surface area (Å²) in [5, 5.41) is 20.0. The van der Waals surface area contributed by atoms with E-state index < -0.39 is 11.2 Å². The van der Waals surface area contributed by atoms with Crippen LogP contribution in [0.4, 0.5) is 5.69 Å². The van der Waals surface area contributed by atoms with Gasteiger partial charge >= 0.3 is 5.97 Å². The molecular formula is C11H10N2O4S. The molecule has 0 saturated carbocycles. The third kappa shape index (κ3) is 3.01. The molecule has 0 bridgehead atoms. The number of aromatic hydroxyl groups is 1. The Labute approximate surface area is 107 Å². The summed E-state index contributed by atoms with van der Waals surface area (Å²) in [5.74, 6) is -1.24. The van der Waals surface area contributed by atoms with E-state index in [9.17, 15) is 9.59 Å². The minimum atomic E-state index is -1.02. The summed E-state index contributed by atoms with van der Waals surface area (Å²) in [4.78, 5) is 26.1. The van der Waals surface area contributed by atoms with Crippen molar-refractivity contribution in [3.8, 4) is 5.75 Å². The number of carboxylic acids is 1. The zero-order chi connectivity index (χ0) is 13.1. The van der Waals surface area contributed by atoms with Crippen LogP contribution in [0.2, 0.25) is 0 Å². The third-order valence-corrected chi connectivity index (χ3v) is 3.30. The van der Waals surface area contributed by atoms with Gasteiger partial charge in [-0.1, -0.05) is 11.8 Å². The average Bonchev–Trinajstić information content (AvgIpc) is 2.62. The van der Waals surface area contributed by atoms with Gasteiger partial charge in [-0.05, 0) is 24.3 Å². The number of nitrogens with one attached hydrogen (secondary N) is 1. The molecule has 1 atom stereocenters. The van der Waals surface area contributed by atoms with Crippen molar-refractivity contribution in [3.05, 3.63) is 24.3 Å². The van der Waals surface area contributed by atoms with Crippen LogP contribution in [-0.4, -0.2) is 32.5 Å². The van der Waals surface area contributed by atoms with Gasteiger partial charge in [0, 0.05) is 0 Å². The van der Waals surface area contributed by atoms with Crippen molar-refractivity contribution in [3.63, 3.8) is 0 Å². The quantitative estimate of drug-likeness (QED) is 0.760. The highest BCUT2D eigenvalue weighted by molar-refractivity contribution is 8.15. The number of hydrogen-bond donors (Lipinski definition) is 3. The molecule has 1 heterocycles. The number of carbonyl (C=O) groups is 2. The van der Waals surface area contributed by atoms with Gasteiger partial charge in [0.15, 0.2) is 5.17 Å². The van der Waals surface area contributed by atoms with E-state index in [1.54, 1.807) is 12.1 Å². The third-order valence-electron chi connectivity index (χ3n) is 2.22. The summed E-state index contributed by atoms with van der Waals surface area (Å²) in [7, 11) is 0. The van der Waals surface area contributed by atoms with Crippen LogP contribution < -0.4 is 5.32 Å². The van der Waals surface area contributed by atoms with Gasteiger partial charge in [-0.2, -0.15) is 0 Å². The number of benzene rings is 1. The molecule has 1 amide bonds. The molecule has 0 spiro atoms. The molecule has 1 aliphatic heterocycles. The van der Waals surface area contributed by atoms with Crippen LogP contribution in [0.15, 0.2) is 29.3 Å². The first-order valence-electron chi connectivity index (χ1n) is 5.11. The number of aliphatic carboxylic acids is 1. The predicted octanol–water partition coefficient (Wildman–Crippen LogP) is 1.09. The number of rotatable bonds is 3. The molecule has 2 rings (SSSR count). The Hall–Kier alpha value is -2.02. The second-order valence-electron chi connectivity index (χ2n) is 3.63. The highest BCUT2D eigenvalue weighted by Crippen LogP contribution is 2.25. The summed E-state index contributed by atoms with van der Waals surface area (Å²) in [6, 6.07) is 6.16. The fourth-order valence-corrected chi connectivity index (χ4v) is 2.37. The second-order valence-corrected chi connectivity index (χ2v) is 4.82. The molecule has 0 unspecified atom stereocenters. The van der Waals surface area contributed by atoms with E-state index in [2.05, 4.69) is 10.3 Å². The number of carboxylic acid groups (broad SMARTS) is 1. The lowest BCUT2D eigenvalue weighted by Gasteiger charge is -1.98. The molecule has 18 heavy (non-hydrogen) atoms. The predicted molar refractivity (Wildman–Crippen MR) is 67.0 cm³/mol. The lowest BCUT2D eigenvalue weighted by atomic mass is 10.3. The number of carbonyl (C=O) groups excluding carboxylic acids is 1. The first-order valence-corrected chi connectivity index (χ1v) is 5.99. The van der Waals surface area contributed by atoms with Crippen LogP contribution in [0, 0.1) is 0 Å². The Kier molecular flexibility index (Phi) is 3.52. The molecule has 1 aromatic carbocycles. The molecule has 3 N–H and O–H groups in total. The molecule has 1 aliphatic rings. The highest BCUT2D eigenvalue weighted by atomic mass is 32.2. The van der Waals surface area contributed by atoms with E-state index in [4.69, 9.17) is 10.2 Å². The van der Waals surface area contributed by atoms with Crippen LogP contribution in [-0.2, 0) is 9.59 Å². The Bertz CT molecular complexity index is 512. The van der Waals surface area contributed by atoms with Crippen LogP contribution in [0.3, 0.4) is 0 Å². The maximum Gasteiger partial charge on any atom is 0.305 e. The van der Waals surface area contributed by atoms with E-state index in [0.29, 0.717) is 10.9 Å². The van der Waals surface area contributed by atoms with Crippen LogP contribution in [0.5, 0.6) is 5.75 Å². The fourth-order valence-electron chi connectivity index (χ4n) is 1.40. The Morgan fingerprint density at radius 3 is 2.67 bits per heavy atom. The molecule has 0 aliphatic carbocycles. The minimum absolute atomic E-state index is 0.130. The van der Waals surface area contributed by atoms with Crippen molar-refractivity contribution in [1.29, 1.82) is 0 Å². The minimum Gasteiger partial charge on any atom is -0.508 e. The number of nitrogens with zero attached hydrogens (tertiary/aromatic N) is 1. The normalized spacial score (nSPS) is 21.0. The summed E-state index contributed by atoms with van der Waals surface area (Å²) in [6.07, 6.45) is -0.231. The summed E-state index contributed by atoms with van der Waals surface area (Å²) >= 11 is 1.09. The lowest BCUT2D eigenvalue weighted by Crippen LogP contribution is -2.26. The number of phenols is 1. The number of amidine groups is 1. The molecule has 7 heteroatoms. The Balaban J connectivity index is 2.09. The van der Waals surface area contributed by atoms with E-state index in [-0.39, 0.29) is 18.1 Å². The number of aliphatic imine (C=N–C) groups is 1. The summed E-state index contributed by atoms with van der Waals surface area (Å²) in [5.41, 5.74) is 0.576. The van der Waals surface area contributed by atoms with Crippen molar-refractivity contribution in [2.24, 2.45) is 4.99 Å². The first-order chi connectivity index (χ1) is 8.54. The second kappa shape index (κ2) is 5.09. The molecule has 0 radical (unpaired) electrons. The number of amides is 1. The molecule has 6 nitrogen and oxygen atoms in total. The monoisotopic (exact) mass is 266 g/mol. The van der Waals surface area contributed by atoms with Crippen molar-refractivity contribution < 1.29 is 19.8 Å². The topological polar surface area (TPSA) is 99.0 Å². The first kappa shape index (κ1) is 12.4. The van der Waals surface area contributed by atoms with Gasteiger partial charge in [0.2, 0.25) is 5.91 Å². The van der Waals surface area contributed by atoms with Gasteiger partial charge in [-0.3, -0.25) is 9.59 Å². The standard InChI is InChI=1S/C11H10N2O4S/c14-7-3-1-6(2-4-7)12-11-13-10(17)8(18-11)5-9(15)16/h1-4,8,14H,5H2,(H,15,16)(H,12,13,17)/t8-/m1/s1. The van der Waals surface area contributed by atoms with Gasteiger partial charge < -0.3 is 15.5 Å². The van der Waals surface area contributed by atoms with Crippen molar-refractivity contribution in [2.75, 3.05) is 0 Å².